The summed E-state index contributed by atoms with van der Waals surface area (Å²) in [6.45, 7) is 2.40. The zero-order valence-corrected chi connectivity index (χ0v) is 37.1. The molecule has 0 bridgehead atoms. The van der Waals surface area contributed by atoms with Crippen LogP contribution in [-0.2, 0) is 31.1 Å². The number of nitrogens with zero attached hydrogens (tertiary/aromatic N) is 3. The van der Waals surface area contributed by atoms with E-state index in [1.165, 1.54) is 0 Å². The highest BCUT2D eigenvalue weighted by atomic mass is 16.6. The highest BCUT2D eigenvalue weighted by molar-refractivity contribution is 6.24. The van der Waals surface area contributed by atoms with Crippen molar-refractivity contribution < 1.29 is 38.9 Å². The smallest absolute Gasteiger partial charge is 0.329 e. The van der Waals surface area contributed by atoms with Gasteiger partial charge in [0.05, 0.1) is 37.0 Å². The third kappa shape index (κ3) is 8.23. The van der Waals surface area contributed by atoms with Crippen LogP contribution < -0.4 is 15.0 Å². The van der Waals surface area contributed by atoms with E-state index >= 15 is 9.59 Å². The number of rotatable bonds is 12. The van der Waals surface area contributed by atoms with Crippen molar-refractivity contribution in [3.05, 3.63) is 203 Å². The number of cyclic esters (lactones) is 1. The van der Waals surface area contributed by atoms with Gasteiger partial charge in [-0.1, -0.05) is 151 Å². The molecule has 3 heterocycles. The molecule has 9 rings (SSSR count). The molecule has 3 N–H and O–H groups in total. The number of aliphatic hydroxyl groups excluding tert-OH is 1. The number of ether oxygens (including phenoxy) is 2. The maximum atomic E-state index is 16.3. The van der Waals surface area contributed by atoms with Crippen LogP contribution in [0, 0.1) is 17.8 Å². The number of carbonyl (C=O) groups is 4. The van der Waals surface area contributed by atoms with Gasteiger partial charge in [0.2, 0.25) is 5.91 Å². The number of para-hydroxylation sites is 1. The topological polar surface area (TPSA) is 149 Å². The van der Waals surface area contributed by atoms with Gasteiger partial charge >= 0.3 is 18.0 Å². The average Bonchev–Trinajstić information content (AvgIpc) is 3.81. The minimum Gasteiger partial charge on any atom is -0.491 e. The number of hydrogen-bond acceptors (Lipinski definition) is 9. The first-order valence-electron chi connectivity index (χ1n) is 22.3. The molecule has 0 aliphatic carbocycles. The molecule has 12 nitrogen and oxygen atoms in total. The van der Waals surface area contributed by atoms with Crippen molar-refractivity contribution in [1.29, 1.82) is 0 Å². The summed E-state index contributed by atoms with van der Waals surface area (Å²) < 4.78 is 12.6. The van der Waals surface area contributed by atoms with Crippen LogP contribution in [0.4, 0.5) is 10.5 Å². The van der Waals surface area contributed by atoms with Gasteiger partial charge in [0.1, 0.15) is 35.8 Å². The summed E-state index contributed by atoms with van der Waals surface area (Å²) in [5.41, 5.74) is 2.30. The molecule has 3 aliphatic rings. The Morgan fingerprint density at radius 3 is 2.12 bits per heavy atom. The van der Waals surface area contributed by atoms with Crippen LogP contribution in [0.5, 0.6) is 5.75 Å². The van der Waals surface area contributed by atoms with Crippen LogP contribution in [-0.4, -0.2) is 76.7 Å². The first-order valence-corrected chi connectivity index (χ1v) is 22.3. The van der Waals surface area contributed by atoms with Crippen molar-refractivity contribution in [2.24, 2.45) is 5.92 Å². The number of esters is 1. The van der Waals surface area contributed by atoms with Crippen molar-refractivity contribution in [1.82, 2.24) is 15.1 Å². The molecule has 2 fully saturated rings. The van der Waals surface area contributed by atoms with E-state index in [-0.39, 0.29) is 30.2 Å². The zero-order chi connectivity index (χ0) is 46.7. The quantitative estimate of drug-likeness (QED) is 0.0823. The largest absolute Gasteiger partial charge is 0.491 e. The molecule has 67 heavy (non-hydrogen) atoms. The van der Waals surface area contributed by atoms with Gasteiger partial charge < -0.3 is 25.0 Å². The fourth-order valence-electron chi connectivity index (χ4n) is 10.2. The average molecular weight is 895 g/mol. The summed E-state index contributed by atoms with van der Waals surface area (Å²) >= 11 is 0. The van der Waals surface area contributed by atoms with E-state index in [9.17, 15) is 19.8 Å². The van der Waals surface area contributed by atoms with E-state index in [0.717, 1.165) is 16.0 Å². The van der Waals surface area contributed by atoms with Crippen molar-refractivity contribution in [3.63, 3.8) is 0 Å². The molecule has 0 aromatic heterocycles. The second kappa shape index (κ2) is 19.1. The predicted octanol–water partition coefficient (Wildman–Crippen LogP) is 7.76. The van der Waals surface area contributed by atoms with Gasteiger partial charge in [-0.3, -0.25) is 24.2 Å². The Bertz CT molecular complexity index is 2840. The summed E-state index contributed by atoms with van der Waals surface area (Å²) in [6.07, 6.45) is -0.961. The highest BCUT2D eigenvalue weighted by Crippen LogP contribution is 2.66. The fourth-order valence-corrected chi connectivity index (χ4v) is 10.2. The predicted molar refractivity (Wildman–Crippen MR) is 252 cm³/mol. The lowest BCUT2D eigenvalue weighted by atomic mass is 9.65. The lowest BCUT2D eigenvalue weighted by molar-refractivity contribution is -0.179. The van der Waals surface area contributed by atoms with Crippen molar-refractivity contribution >= 4 is 29.6 Å². The van der Waals surface area contributed by atoms with E-state index in [2.05, 4.69) is 22.1 Å². The van der Waals surface area contributed by atoms with Crippen molar-refractivity contribution in [2.45, 2.75) is 49.2 Å². The molecule has 7 atom stereocenters. The monoisotopic (exact) mass is 894 g/mol. The van der Waals surface area contributed by atoms with Crippen LogP contribution in [0.2, 0.25) is 0 Å². The van der Waals surface area contributed by atoms with Crippen LogP contribution in [0.3, 0.4) is 0 Å². The number of hydrogen-bond donors (Lipinski definition) is 3. The van der Waals surface area contributed by atoms with Crippen LogP contribution >= 0.6 is 0 Å². The minimum atomic E-state index is -2.18. The summed E-state index contributed by atoms with van der Waals surface area (Å²) in [5.74, 6) is 1.85. The molecular weight excluding hydrogens is 845 g/mol. The zero-order valence-electron chi connectivity index (χ0n) is 37.1. The van der Waals surface area contributed by atoms with Gasteiger partial charge in [-0.05, 0) is 66.1 Å². The number of carboxylic acid groups (broad SMARTS) is 1. The molecule has 6 aromatic carbocycles. The lowest BCUT2D eigenvalue weighted by Gasteiger charge is -2.46. The molecular formula is C55H50N4O8. The van der Waals surface area contributed by atoms with Crippen LogP contribution in [0.15, 0.2) is 164 Å². The molecule has 0 saturated carbocycles. The second-order valence-electron chi connectivity index (χ2n) is 17.1. The number of benzene rings is 6. The number of aliphatic hydroxyl groups is 1. The summed E-state index contributed by atoms with van der Waals surface area (Å²) in [6, 6.07) is 44.8. The van der Waals surface area contributed by atoms with Crippen molar-refractivity contribution in [2.75, 3.05) is 31.7 Å². The second-order valence-corrected chi connectivity index (χ2v) is 17.1. The maximum Gasteiger partial charge on any atom is 0.329 e. The molecule has 0 radical (unpaired) electrons. The number of nitrogens with one attached hydrogen (secondary N) is 1. The minimum absolute atomic E-state index is 0.117. The number of amides is 3. The molecule has 2 saturated heterocycles. The molecule has 0 unspecified atom stereocenters. The highest BCUT2D eigenvalue weighted by Gasteiger charge is 2.76. The number of morpholine rings is 1. The van der Waals surface area contributed by atoms with E-state index in [1.54, 1.807) is 49.4 Å². The van der Waals surface area contributed by atoms with Crippen LogP contribution in [0.1, 0.15) is 70.1 Å². The Morgan fingerprint density at radius 1 is 0.821 bits per heavy atom. The number of aliphatic carboxylic acids is 1. The Kier molecular flexibility index (Phi) is 12.7. The molecule has 3 amide bonds. The van der Waals surface area contributed by atoms with Gasteiger partial charge in [-0.2, -0.15) is 0 Å². The number of fused-ring (bicyclic) bond motifs is 3. The normalized spacial score (nSPS) is 22.3. The standard InChI is InChI=1S/C55H50N4O8/c1-36(39-21-9-4-10-22-39)56-54(65)58-44-30-29-37(20-17-31-57(2)35-38-18-7-3-8-19-38)34-43(44)55(53(58)64)46(51(61)62)48-52(63)67-49(41-25-13-6-14-26-41)47(40-23-11-5-12-24-40)59(48)50(55)42-27-15-16-28-45(42)66-33-32-60/h3-16,18-19,21-30,34,36,46-50,60H,31-33,35H2,1-2H3,(H,56,65)(H,61,62)/t36-,46-,47-,48-,49+,50+,55-/m1/s1. The third-order valence-electron chi connectivity index (χ3n) is 13.0. The third-order valence-corrected chi connectivity index (χ3v) is 13.0. The van der Waals surface area contributed by atoms with Crippen LogP contribution in [0.25, 0.3) is 0 Å². The van der Waals surface area contributed by atoms with E-state index < -0.39 is 65.5 Å². The van der Waals surface area contributed by atoms with Gasteiger partial charge in [-0.15, -0.1) is 0 Å². The van der Waals surface area contributed by atoms with Gasteiger partial charge in [0.15, 0.2) is 0 Å². The Morgan fingerprint density at radius 2 is 1.45 bits per heavy atom. The summed E-state index contributed by atoms with van der Waals surface area (Å²) in [7, 11) is 1.96. The molecule has 12 heteroatoms. The lowest BCUT2D eigenvalue weighted by Crippen LogP contribution is -2.54. The number of carbonyl (C=O) groups excluding carboxylic acids is 3. The fraction of sp³-hybridized carbons (Fsp3) is 0.236. The van der Waals surface area contributed by atoms with Gasteiger partial charge in [-0.25, -0.2) is 9.69 Å². The van der Waals surface area contributed by atoms with E-state index in [0.29, 0.717) is 35.3 Å². The first-order chi connectivity index (χ1) is 32.6. The Balaban J connectivity index is 1.28. The van der Waals surface area contributed by atoms with Gasteiger partial charge in [0.25, 0.3) is 0 Å². The van der Waals surface area contributed by atoms with Crippen molar-refractivity contribution in [3.8, 4) is 17.6 Å². The molecule has 338 valence electrons. The summed E-state index contributed by atoms with van der Waals surface area (Å²) in [5, 5.41) is 24.8. The van der Waals surface area contributed by atoms with E-state index in [4.69, 9.17) is 9.47 Å². The van der Waals surface area contributed by atoms with E-state index in [1.807, 2.05) is 133 Å². The Labute approximate surface area is 389 Å². The Hall–Kier alpha value is -7.56. The number of imide groups is 1. The SMILES string of the molecule is C[C@@H](NC(=O)N1C(=O)[C@@]2(c3cc(C#CCN(C)Cc4ccccc4)ccc31)[C@H](c1ccccc1OCCO)N1[C@H](c3ccccc3)[C@H](c3ccccc3)OC(=O)[C@H]1[C@@H]2C(=O)O)c1ccccc1. The molecule has 6 aromatic rings. The first kappa shape index (κ1) is 44.6. The number of carboxylic acids is 1. The number of anilines is 1. The molecule has 1 spiro atoms. The van der Waals surface area contributed by atoms with Gasteiger partial charge in [0, 0.05) is 17.7 Å². The summed E-state index contributed by atoms with van der Waals surface area (Å²) in [4.78, 5) is 65.6. The maximum absolute atomic E-state index is 16.3. The molecule has 3 aliphatic heterocycles. The number of urea groups is 1.